The minimum Gasteiger partial charge on any atom is -0.508 e. The SMILES string of the molecule is O=C(O)CCc1ccc(O)c(CN(CCN(CC(=O)O)Cc2cc(CCC(=O)NCCCCCC(=O)NCCCC[C@H](NC(=O)N[C@@H](CCC(=O)O)C(=O)O)C(=O)OC(=O)C(F)(F)F)ccc2O)CC(=O)O)c1. The predicted molar refractivity (Wildman–Crippen MR) is 246 cm³/mol. The summed E-state index contributed by atoms with van der Waals surface area (Å²) >= 11 is 0. The molecule has 0 saturated heterocycles. The second-order valence-electron chi connectivity index (χ2n) is 16.7. The summed E-state index contributed by atoms with van der Waals surface area (Å²) < 4.78 is 41.9. The number of phenolic OH excluding ortho intramolecular Hbond substituents is 2. The van der Waals surface area contributed by atoms with Crippen LogP contribution in [-0.4, -0.2) is 163 Å². The van der Waals surface area contributed by atoms with E-state index in [-0.39, 0.29) is 101 Å². The molecule has 2 rings (SSSR count). The first-order valence-electron chi connectivity index (χ1n) is 22.9. The van der Waals surface area contributed by atoms with E-state index in [1.807, 2.05) is 10.6 Å². The number of unbranched alkanes of at least 4 members (excludes halogenated alkanes) is 3. The van der Waals surface area contributed by atoms with Gasteiger partial charge in [0.15, 0.2) is 0 Å². The van der Waals surface area contributed by atoms with Crippen molar-refractivity contribution in [2.24, 2.45) is 0 Å². The topological polar surface area (TPSA) is 376 Å². The third-order valence-corrected chi connectivity index (χ3v) is 10.7. The zero-order valence-corrected chi connectivity index (χ0v) is 39.6. The van der Waals surface area contributed by atoms with Crippen LogP contribution in [0.2, 0.25) is 0 Å². The summed E-state index contributed by atoms with van der Waals surface area (Å²) in [6, 6.07) is 4.21. The highest BCUT2D eigenvalue weighted by molar-refractivity contribution is 5.93. The maximum absolute atomic E-state index is 12.7. The van der Waals surface area contributed by atoms with E-state index in [1.54, 1.807) is 24.3 Å². The minimum absolute atomic E-state index is 0.00964. The molecule has 0 saturated carbocycles. The maximum atomic E-state index is 12.7. The normalized spacial score (nSPS) is 12.1. The largest absolute Gasteiger partial charge is 0.508 e. The molecule has 0 unspecified atom stereocenters. The molecule has 0 aromatic heterocycles. The molecule has 0 bridgehead atoms. The number of benzene rings is 2. The van der Waals surface area contributed by atoms with E-state index in [0.717, 1.165) is 0 Å². The minimum atomic E-state index is -5.54. The Hall–Kier alpha value is -7.55. The van der Waals surface area contributed by atoms with E-state index in [9.17, 15) is 86.6 Å². The second kappa shape index (κ2) is 31.7. The third-order valence-electron chi connectivity index (χ3n) is 10.7. The first-order valence-corrected chi connectivity index (χ1v) is 22.9. The van der Waals surface area contributed by atoms with Crippen molar-refractivity contribution < 1.29 is 102 Å². The van der Waals surface area contributed by atoms with Crippen LogP contribution in [0, 0.1) is 0 Å². The number of halogens is 3. The van der Waals surface area contributed by atoms with Gasteiger partial charge in [0, 0.05) is 76.1 Å². The summed E-state index contributed by atoms with van der Waals surface area (Å²) in [6.07, 6.45) is -5.07. The smallest absolute Gasteiger partial charge is 0.491 e. The summed E-state index contributed by atoms with van der Waals surface area (Å²) in [4.78, 5) is 121. The van der Waals surface area contributed by atoms with Gasteiger partial charge in [-0.25, -0.2) is 19.2 Å². The Morgan fingerprint density at radius 1 is 0.562 bits per heavy atom. The lowest BCUT2D eigenvalue weighted by Crippen LogP contribution is -2.52. The van der Waals surface area contributed by atoms with Crippen molar-refractivity contribution in [1.82, 2.24) is 31.1 Å². The van der Waals surface area contributed by atoms with E-state index < -0.39 is 98.4 Å². The number of nitrogens with one attached hydrogen (secondary N) is 4. The zero-order chi connectivity index (χ0) is 54.7. The summed E-state index contributed by atoms with van der Waals surface area (Å²) in [5.41, 5.74) is 1.99. The number of esters is 2. The number of carboxylic acids is 5. The van der Waals surface area contributed by atoms with Crippen molar-refractivity contribution in [1.29, 1.82) is 0 Å². The molecular formula is C46H61F3N6O18. The van der Waals surface area contributed by atoms with Crippen LogP contribution in [0.5, 0.6) is 11.5 Å². The number of alkyl halides is 3. The van der Waals surface area contributed by atoms with Crippen molar-refractivity contribution in [3.05, 3.63) is 58.7 Å². The first-order chi connectivity index (χ1) is 34.3. The first kappa shape index (κ1) is 61.6. The van der Waals surface area contributed by atoms with Crippen LogP contribution in [-0.2, 0) is 73.8 Å². The van der Waals surface area contributed by atoms with E-state index in [2.05, 4.69) is 15.4 Å². The standard InChI is InChI=1S/C46H61F3N6O18/c47-46(48,49)44(71)73-43(70)33(53-45(72)52-32(42(68)69)12-17-39(62)63)6-3-5-19-50-36(58)7-2-1-4-18-51-37(59)15-10-28-8-13-34(56)30(22-28)24-54(26-40(64)65)20-21-55(27-41(66)67)25-31-23-29(9-14-35(31)57)11-16-38(60)61/h8-9,13-14,22-23,32-33,56-57H,1-7,10-12,15-21,24-27H2,(H,50,58)(H,51,59)(H,60,61)(H,62,63)(H,64,65)(H,66,67)(H,68,69)(H2,52,53,72)/t32-,33-/m0/s1. The number of carboxylic acid groups (broad SMARTS) is 5. The molecule has 404 valence electrons. The molecule has 0 aliphatic heterocycles. The Morgan fingerprint density at radius 2 is 1.04 bits per heavy atom. The van der Waals surface area contributed by atoms with Crippen LogP contribution in [0.1, 0.15) is 92.9 Å². The number of carbonyl (C=O) groups excluding carboxylic acids is 5. The van der Waals surface area contributed by atoms with Gasteiger partial charge in [0.25, 0.3) is 0 Å². The number of amides is 4. The summed E-state index contributed by atoms with van der Waals surface area (Å²) in [7, 11) is 0. The Morgan fingerprint density at radius 3 is 1.52 bits per heavy atom. The van der Waals surface area contributed by atoms with E-state index in [4.69, 9.17) is 10.2 Å². The van der Waals surface area contributed by atoms with Crippen molar-refractivity contribution in [3.63, 3.8) is 0 Å². The van der Waals surface area contributed by atoms with Gasteiger partial charge in [0.1, 0.15) is 23.6 Å². The molecule has 0 spiro atoms. The molecule has 24 nitrogen and oxygen atoms in total. The van der Waals surface area contributed by atoms with Gasteiger partial charge < -0.3 is 61.7 Å². The fourth-order valence-electron chi connectivity index (χ4n) is 6.97. The number of aromatic hydroxyl groups is 2. The van der Waals surface area contributed by atoms with Crippen molar-refractivity contribution in [2.75, 3.05) is 39.3 Å². The van der Waals surface area contributed by atoms with Crippen LogP contribution in [0.25, 0.3) is 0 Å². The number of aryl methyl sites for hydroxylation is 2. The highest BCUT2D eigenvalue weighted by Gasteiger charge is 2.43. The highest BCUT2D eigenvalue weighted by Crippen LogP contribution is 2.24. The zero-order valence-electron chi connectivity index (χ0n) is 39.6. The average molecular weight is 1040 g/mol. The van der Waals surface area contributed by atoms with Crippen molar-refractivity contribution in [2.45, 2.75) is 115 Å². The van der Waals surface area contributed by atoms with Crippen LogP contribution in [0.15, 0.2) is 36.4 Å². The number of aliphatic carboxylic acids is 5. The average Bonchev–Trinajstić information content (AvgIpc) is 3.29. The number of urea groups is 1. The lowest BCUT2D eigenvalue weighted by atomic mass is 10.0. The molecule has 2 aromatic rings. The number of carbonyl (C=O) groups is 10. The number of rotatable bonds is 35. The molecule has 0 heterocycles. The number of hydrogen-bond donors (Lipinski definition) is 11. The fourth-order valence-corrected chi connectivity index (χ4v) is 6.97. The van der Waals surface area contributed by atoms with E-state index in [1.165, 1.54) is 21.9 Å². The molecule has 4 amide bonds. The van der Waals surface area contributed by atoms with Gasteiger partial charge in [0.05, 0.1) is 13.1 Å². The van der Waals surface area contributed by atoms with E-state index >= 15 is 0 Å². The van der Waals surface area contributed by atoms with Gasteiger partial charge in [-0.1, -0.05) is 30.7 Å². The van der Waals surface area contributed by atoms with Crippen molar-refractivity contribution >= 4 is 59.6 Å². The fraction of sp³-hybridized carbons (Fsp3) is 0.522. The highest BCUT2D eigenvalue weighted by atomic mass is 19.4. The quantitative estimate of drug-likeness (QED) is 0.0267. The van der Waals surface area contributed by atoms with Gasteiger partial charge in [-0.05, 0) is 74.6 Å². The maximum Gasteiger partial charge on any atom is 0.491 e. The number of hydrogen-bond acceptors (Lipinski definition) is 15. The number of ether oxygens (including phenoxy) is 1. The summed E-state index contributed by atoms with van der Waals surface area (Å²) in [5, 5.41) is 76.5. The monoisotopic (exact) mass is 1040 g/mol. The Kier molecular flexibility index (Phi) is 26.7. The van der Waals surface area contributed by atoms with Gasteiger partial charge >= 0.3 is 54.0 Å². The predicted octanol–water partition coefficient (Wildman–Crippen LogP) is 2.10. The number of phenols is 2. The molecule has 2 aromatic carbocycles. The van der Waals surface area contributed by atoms with Gasteiger partial charge in [-0.15, -0.1) is 0 Å². The second-order valence-corrected chi connectivity index (χ2v) is 16.7. The van der Waals surface area contributed by atoms with Crippen LogP contribution in [0.4, 0.5) is 18.0 Å². The molecule has 11 N–H and O–H groups in total. The number of nitrogens with zero attached hydrogens (tertiary/aromatic N) is 2. The Balaban J connectivity index is 1.81. The molecule has 2 atom stereocenters. The van der Waals surface area contributed by atoms with Crippen LogP contribution in [0.3, 0.4) is 0 Å². The van der Waals surface area contributed by atoms with Gasteiger partial charge in [-0.2, -0.15) is 13.2 Å². The third kappa shape index (κ3) is 26.5. The van der Waals surface area contributed by atoms with Gasteiger partial charge in [-0.3, -0.25) is 38.6 Å². The molecule has 0 fully saturated rings. The molecule has 0 aliphatic rings. The molecule has 0 radical (unpaired) electrons. The molecule has 0 aliphatic carbocycles. The lowest BCUT2D eigenvalue weighted by Gasteiger charge is -2.26. The lowest BCUT2D eigenvalue weighted by molar-refractivity contribution is -0.202. The van der Waals surface area contributed by atoms with Gasteiger partial charge in [0.2, 0.25) is 11.8 Å². The summed E-state index contributed by atoms with van der Waals surface area (Å²) in [6.45, 7) is -0.601. The van der Waals surface area contributed by atoms with E-state index in [0.29, 0.717) is 48.1 Å². The van der Waals surface area contributed by atoms with Crippen LogP contribution >= 0.6 is 0 Å². The molecule has 27 heteroatoms. The molecule has 73 heavy (non-hydrogen) atoms. The molecular weight excluding hydrogens is 982 g/mol. The summed E-state index contributed by atoms with van der Waals surface area (Å²) in [5.74, 6) is -11.9. The Bertz CT molecular complexity index is 2250. The van der Waals surface area contributed by atoms with Crippen molar-refractivity contribution in [3.8, 4) is 11.5 Å². The van der Waals surface area contributed by atoms with Crippen LogP contribution < -0.4 is 21.3 Å². The Labute approximate surface area is 415 Å².